The highest BCUT2D eigenvalue weighted by Crippen LogP contribution is 2.22. The van der Waals surface area contributed by atoms with Gasteiger partial charge in [0.05, 0.1) is 0 Å². The lowest BCUT2D eigenvalue weighted by Gasteiger charge is -2.19. The minimum absolute atomic E-state index is 0.0237. The predicted octanol–water partition coefficient (Wildman–Crippen LogP) is 5.59. The predicted molar refractivity (Wildman–Crippen MR) is 120 cm³/mol. The van der Waals surface area contributed by atoms with Crippen LogP contribution in [0.4, 0.5) is 10.1 Å². The van der Waals surface area contributed by atoms with Gasteiger partial charge in [-0.1, -0.05) is 45.0 Å². The molecule has 0 saturated heterocycles. The van der Waals surface area contributed by atoms with Gasteiger partial charge in [-0.25, -0.2) is 4.39 Å². The van der Waals surface area contributed by atoms with Crippen molar-refractivity contribution in [1.82, 2.24) is 5.32 Å². The molecule has 0 spiro atoms. The molecule has 0 radical (unpaired) electrons. The summed E-state index contributed by atoms with van der Waals surface area (Å²) in [5.41, 5.74) is 1.91. The van der Waals surface area contributed by atoms with Crippen LogP contribution in [0, 0.1) is 5.82 Å². The fourth-order valence-electron chi connectivity index (χ4n) is 2.75. The van der Waals surface area contributed by atoms with Gasteiger partial charge in [-0.3, -0.25) is 9.59 Å². The standard InChI is InChI=1S/C24H23FN2O2S/c1-24(2,3)17-11-9-16(10-12-17)22(28)27-21(15-20-8-5-13-30-20)23(29)26-19-7-4-6-18(25)14-19/h4-15H,1-3H3,(H,26,29)(H,27,28)/b21-15-. The van der Waals surface area contributed by atoms with Crippen molar-refractivity contribution < 1.29 is 14.0 Å². The van der Waals surface area contributed by atoms with Crippen molar-refractivity contribution in [3.63, 3.8) is 0 Å². The number of hydrogen-bond acceptors (Lipinski definition) is 3. The number of carbonyl (C=O) groups excluding carboxylic acids is 2. The third-order valence-corrected chi connectivity index (χ3v) is 5.24. The zero-order valence-electron chi connectivity index (χ0n) is 17.0. The smallest absolute Gasteiger partial charge is 0.272 e. The van der Waals surface area contributed by atoms with Gasteiger partial charge in [-0.2, -0.15) is 0 Å². The first-order valence-electron chi connectivity index (χ1n) is 9.46. The minimum atomic E-state index is -0.534. The summed E-state index contributed by atoms with van der Waals surface area (Å²) in [5, 5.41) is 7.19. The quantitative estimate of drug-likeness (QED) is 0.526. The lowest BCUT2D eigenvalue weighted by Crippen LogP contribution is -2.30. The molecule has 0 fully saturated rings. The highest BCUT2D eigenvalue weighted by Gasteiger charge is 2.17. The molecule has 3 rings (SSSR count). The van der Waals surface area contributed by atoms with Gasteiger partial charge >= 0.3 is 0 Å². The zero-order valence-corrected chi connectivity index (χ0v) is 17.8. The molecular formula is C24H23FN2O2S. The summed E-state index contributed by atoms with van der Waals surface area (Å²) >= 11 is 1.44. The van der Waals surface area contributed by atoms with E-state index in [9.17, 15) is 14.0 Å². The molecule has 0 aliphatic rings. The molecule has 0 bridgehead atoms. The van der Waals surface area contributed by atoms with Gasteiger partial charge in [0.15, 0.2) is 0 Å². The van der Waals surface area contributed by atoms with Crippen LogP contribution in [0.2, 0.25) is 0 Å². The molecule has 6 heteroatoms. The summed E-state index contributed by atoms with van der Waals surface area (Å²) in [7, 11) is 0. The van der Waals surface area contributed by atoms with E-state index < -0.39 is 17.6 Å². The van der Waals surface area contributed by atoms with Crippen molar-refractivity contribution in [2.24, 2.45) is 0 Å². The molecule has 1 aromatic heterocycles. The molecule has 1 heterocycles. The Morgan fingerprint density at radius 3 is 2.33 bits per heavy atom. The van der Waals surface area contributed by atoms with E-state index in [-0.39, 0.29) is 11.1 Å². The maximum absolute atomic E-state index is 13.4. The number of nitrogens with one attached hydrogen (secondary N) is 2. The van der Waals surface area contributed by atoms with E-state index in [4.69, 9.17) is 0 Å². The van der Waals surface area contributed by atoms with Crippen molar-refractivity contribution in [1.29, 1.82) is 0 Å². The Bertz CT molecular complexity index is 1070. The van der Waals surface area contributed by atoms with Crippen LogP contribution in [-0.2, 0) is 10.2 Å². The Balaban J connectivity index is 1.82. The lowest BCUT2D eigenvalue weighted by molar-refractivity contribution is -0.113. The summed E-state index contributed by atoms with van der Waals surface area (Å²) in [5.74, 6) is -1.39. The average molecular weight is 423 g/mol. The molecule has 3 aromatic rings. The second-order valence-corrected chi connectivity index (χ2v) is 8.80. The number of halogens is 1. The van der Waals surface area contributed by atoms with E-state index in [0.29, 0.717) is 11.3 Å². The summed E-state index contributed by atoms with van der Waals surface area (Å²) in [6.45, 7) is 6.29. The fourth-order valence-corrected chi connectivity index (χ4v) is 3.41. The second kappa shape index (κ2) is 9.05. The SMILES string of the molecule is CC(C)(C)c1ccc(C(=O)N/C(=C\c2cccs2)C(=O)Nc2cccc(F)c2)cc1. The molecule has 0 atom stereocenters. The van der Waals surface area contributed by atoms with E-state index in [2.05, 4.69) is 31.4 Å². The van der Waals surface area contributed by atoms with Gasteiger partial charge in [-0.05, 0) is 58.8 Å². The third-order valence-electron chi connectivity index (χ3n) is 4.42. The van der Waals surface area contributed by atoms with Crippen LogP contribution < -0.4 is 10.6 Å². The molecule has 0 aliphatic carbocycles. The first-order valence-corrected chi connectivity index (χ1v) is 10.3. The van der Waals surface area contributed by atoms with Gasteiger partial charge in [0.25, 0.3) is 11.8 Å². The second-order valence-electron chi connectivity index (χ2n) is 7.82. The maximum atomic E-state index is 13.4. The highest BCUT2D eigenvalue weighted by molar-refractivity contribution is 7.10. The Labute approximate surface area is 179 Å². The summed E-state index contributed by atoms with van der Waals surface area (Å²) in [6.07, 6.45) is 1.60. The minimum Gasteiger partial charge on any atom is -0.321 e. The van der Waals surface area contributed by atoms with E-state index >= 15 is 0 Å². The van der Waals surface area contributed by atoms with Crippen molar-refractivity contribution in [3.8, 4) is 0 Å². The number of amides is 2. The monoisotopic (exact) mass is 422 g/mol. The molecule has 154 valence electrons. The molecule has 4 nitrogen and oxygen atoms in total. The van der Waals surface area contributed by atoms with Crippen molar-refractivity contribution >= 4 is 34.9 Å². The largest absolute Gasteiger partial charge is 0.321 e. The lowest BCUT2D eigenvalue weighted by atomic mass is 9.87. The number of rotatable bonds is 5. The van der Waals surface area contributed by atoms with Crippen molar-refractivity contribution in [3.05, 3.63) is 93.6 Å². The van der Waals surface area contributed by atoms with Crippen LogP contribution in [0.1, 0.15) is 41.6 Å². The van der Waals surface area contributed by atoms with Crippen LogP contribution in [0.25, 0.3) is 6.08 Å². The van der Waals surface area contributed by atoms with Crippen LogP contribution in [-0.4, -0.2) is 11.8 Å². The topological polar surface area (TPSA) is 58.2 Å². The Kier molecular flexibility index (Phi) is 6.47. The molecular weight excluding hydrogens is 399 g/mol. The van der Waals surface area contributed by atoms with E-state index in [0.717, 1.165) is 10.4 Å². The van der Waals surface area contributed by atoms with Gasteiger partial charge < -0.3 is 10.6 Å². The number of anilines is 1. The first kappa shape index (κ1) is 21.5. The molecule has 2 aromatic carbocycles. The molecule has 0 aliphatic heterocycles. The molecule has 0 unspecified atom stereocenters. The Morgan fingerprint density at radius 2 is 1.73 bits per heavy atom. The van der Waals surface area contributed by atoms with Crippen LogP contribution >= 0.6 is 11.3 Å². The van der Waals surface area contributed by atoms with Crippen molar-refractivity contribution in [2.75, 3.05) is 5.32 Å². The molecule has 2 N–H and O–H groups in total. The maximum Gasteiger partial charge on any atom is 0.272 e. The number of benzene rings is 2. The average Bonchev–Trinajstić information content (AvgIpc) is 3.20. The van der Waals surface area contributed by atoms with E-state index in [1.807, 2.05) is 29.6 Å². The van der Waals surface area contributed by atoms with Crippen molar-refractivity contribution in [2.45, 2.75) is 26.2 Å². The number of hydrogen-bond donors (Lipinski definition) is 2. The van der Waals surface area contributed by atoms with E-state index in [1.165, 1.54) is 29.5 Å². The van der Waals surface area contributed by atoms with E-state index in [1.54, 1.807) is 24.3 Å². The Morgan fingerprint density at radius 1 is 1.00 bits per heavy atom. The molecule has 0 saturated carbocycles. The number of thiophene rings is 1. The fraction of sp³-hybridized carbons (Fsp3) is 0.167. The molecule has 2 amide bonds. The normalized spacial score (nSPS) is 11.8. The summed E-state index contributed by atoms with van der Waals surface area (Å²) in [4.78, 5) is 26.4. The van der Waals surface area contributed by atoms with Gasteiger partial charge in [-0.15, -0.1) is 11.3 Å². The van der Waals surface area contributed by atoms with Gasteiger partial charge in [0, 0.05) is 16.1 Å². The Hall–Kier alpha value is -3.25. The van der Waals surface area contributed by atoms with Gasteiger partial charge in [0.1, 0.15) is 11.5 Å². The van der Waals surface area contributed by atoms with Crippen LogP contribution in [0.5, 0.6) is 0 Å². The van der Waals surface area contributed by atoms with Crippen LogP contribution in [0.15, 0.2) is 71.7 Å². The highest BCUT2D eigenvalue weighted by atomic mass is 32.1. The third kappa shape index (κ3) is 5.64. The summed E-state index contributed by atoms with van der Waals surface area (Å²) in [6, 6.07) is 16.6. The van der Waals surface area contributed by atoms with Crippen LogP contribution in [0.3, 0.4) is 0 Å². The number of carbonyl (C=O) groups is 2. The van der Waals surface area contributed by atoms with Gasteiger partial charge in [0.2, 0.25) is 0 Å². The first-order chi connectivity index (χ1) is 14.2. The zero-order chi connectivity index (χ0) is 21.7. The molecule has 30 heavy (non-hydrogen) atoms. The summed E-state index contributed by atoms with van der Waals surface area (Å²) < 4.78 is 13.4.